The van der Waals surface area contributed by atoms with Gasteiger partial charge in [-0.1, -0.05) is 17.7 Å². The quantitative estimate of drug-likeness (QED) is 0.716. The molecule has 0 unspecified atom stereocenters. The molecule has 134 valence electrons. The van der Waals surface area contributed by atoms with Crippen molar-refractivity contribution in [1.82, 2.24) is 9.78 Å². The van der Waals surface area contributed by atoms with Crippen LogP contribution in [0.2, 0.25) is 5.02 Å². The average Bonchev–Trinajstić information content (AvgIpc) is 3.07. The summed E-state index contributed by atoms with van der Waals surface area (Å²) in [6.07, 6.45) is 1.52. The van der Waals surface area contributed by atoms with Crippen LogP contribution in [0.4, 0.5) is 14.5 Å². The minimum absolute atomic E-state index is 0.109. The van der Waals surface area contributed by atoms with Gasteiger partial charge in [-0.3, -0.25) is 4.79 Å². The Labute approximate surface area is 153 Å². The summed E-state index contributed by atoms with van der Waals surface area (Å²) in [6, 6.07) is 9.69. The number of nitrogens with one attached hydrogen (secondary N) is 1. The number of ether oxygens (including phenoxy) is 1. The Balaban J connectivity index is 1.65. The molecular weight excluding hydrogens is 364 g/mol. The number of rotatable bonds is 5. The van der Waals surface area contributed by atoms with Gasteiger partial charge in [0.2, 0.25) is 0 Å². The molecule has 0 radical (unpaired) electrons. The highest BCUT2D eigenvalue weighted by atomic mass is 35.5. The number of anilines is 1. The van der Waals surface area contributed by atoms with Crippen LogP contribution in [0.15, 0.2) is 48.7 Å². The van der Waals surface area contributed by atoms with Crippen molar-refractivity contribution in [1.29, 1.82) is 0 Å². The smallest absolute Gasteiger partial charge is 0.276 e. The summed E-state index contributed by atoms with van der Waals surface area (Å²) in [5.74, 6) is -2.03. The van der Waals surface area contributed by atoms with E-state index in [0.29, 0.717) is 10.7 Å². The van der Waals surface area contributed by atoms with Gasteiger partial charge >= 0.3 is 0 Å². The first kappa shape index (κ1) is 17.9. The van der Waals surface area contributed by atoms with Gasteiger partial charge in [0.25, 0.3) is 5.91 Å². The van der Waals surface area contributed by atoms with Crippen molar-refractivity contribution >= 4 is 23.2 Å². The van der Waals surface area contributed by atoms with E-state index in [1.54, 1.807) is 25.1 Å². The van der Waals surface area contributed by atoms with Crippen molar-refractivity contribution in [3.05, 3.63) is 76.6 Å². The first-order valence-electron chi connectivity index (χ1n) is 7.62. The van der Waals surface area contributed by atoms with Crippen molar-refractivity contribution in [2.45, 2.75) is 13.7 Å². The molecule has 2 aromatic carbocycles. The summed E-state index contributed by atoms with van der Waals surface area (Å²) in [6.45, 7) is 1.66. The maximum Gasteiger partial charge on any atom is 0.276 e. The van der Waals surface area contributed by atoms with Crippen LogP contribution in [0.5, 0.6) is 5.75 Å². The number of benzene rings is 2. The molecule has 0 spiro atoms. The van der Waals surface area contributed by atoms with Crippen LogP contribution in [0, 0.1) is 18.6 Å². The Kier molecular flexibility index (Phi) is 5.18. The van der Waals surface area contributed by atoms with Crippen LogP contribution >= 0.6 is 11.6 Å². The lowest BCUT2D eigenvalue weighted by Crippen LogP contribution is -2.15. The van der Waals surface area contributed by atoms with Crippen molar-refractivity contribution in [2.24, 2.45) is 0 Å². The van der Waals surface area contributed by atoms with E-state index in [0.717, 1.165) is 17.7 Å². The summed E-state index contributed by atoms with van der Waals surface area (Å²) in [7, 11) is 0. The zero-order valence-electron chi connectivity index (χ0n) is 13.7. The summed E-state index contributed by atoms with van der Waals surface area (Å²) in [5.41, 5.74) is 1.49. The molecule has 0 saturated heterocycles. The molecule has 0 atom stereocenters. The molecule has 0 aliphatic carbocycles. The van der Waals surface area contributed by atoms with Crippen LogP contribution in [-0.4, -0.2) is 15.7 Å². The third-order valence-electron chi connectivity index (χ3n) is 3.64. The number of nitrogens with zero attached hydrogens (tertiary/aromatic N) is 2. The summed E-state index contributed by atoms with van der Waals surface area (Å²) < 4.78 is 33.0. The summed E-state index contributed by atoms with van der Waals surface area (Å²) in [4.78, 5) is 12.3. The minimum Gasteiger partial charge on any atom is -0.468 e. The molecule has 1 aromatic heterocycles. The van der Waals surface area contributed by atoms with Gasteiger partial charge in [-0.15, -0.1) is 0 Å². The summed E-state index contributed by atoms with van der Waals surface area (Å²) >= 11 is 6.03. The van der Waals surface area contributed by atoms with E-state index >= 15 is 0 Å². The molecule has 8 heteroatoms. The van der Waals surface area contributed by atoms with Crippen LogP contribution in [0.25, 0.3) is 0 Å². The topological polar surface area (TPSA) is 56.2 Å². The van der Waals surface area contributed by atoms with Crippen molar-refractivity contribution in [2.75, 3.05) is 5.32 Å². The lowest BCUT2D eigenvalue weighted by atomic mass is 10.2. The number of aromatic nitrogens is 2. The molecule has 0 bridgehead atoms. The number of amides is 1. The zero-order valence-corrected chi connectivity index (χ0v) is 14.4. The number of halogens is 3. The average molecular weight is 378 g/mol. The van der Waals surface area contributed by atoms with E-state index in [9.17, 15) is 13.6 Å². The van der Waals surface area contributed by atoms with Crippen LogP contribution in [-0.2, 0) is 6.73 Å². The van der Waals surface area contributed by atoms with Gasteiger partial charge in [-0.05, 0) is 42.8 Å². The maximum atomic E-state index is 13.5. The van der Waals surface area contributed by atoms with Crippen LogP contribution in [0.1, 0.15) is 16.1 Å². The molecule has 1 heterocycles. The Morgan fingerprint density at radius 3 is 2.85 bits per heavy atom. The fourth-order valence-corrected chi connectivity index (χ4v) is 2.39. The Morgan fingerprint density at radius 1 is 1.27 bits per heavy atom. The monoisotopic (exact) mass is 377 g/mol. The van der Waals surface area contributed by atoms with Gasteiger partial charge in [0.1, 0.15) is 5.82 Å². The van der Waals surface area contributed by atoms with Gasteiger partial charge in [-0.25, -0.2) is 13.5 Å². The fourth-order valence-electron chi connectivity index (χ4n) is 2.21. The predicted molar refractivity (Wildman–Crippen MR) is 93.4 cm³/mol. The van der Waals surface area contributed by atoms with E-state index < -0.39 is 17.5 Å². The van der Waals surface area contributed by atoms with Gasteiger partial charge < -0.3 is 10.1 Å². The third kappa shape index (κ3) is 4.00. The van der Waals surface area contributed by atoms with E-state index in [1.807, 2.05) is 0 Å². The number of carbonyl (C=O) groups excluding carboxylic acids is 1. The second kappa shape index (κ2) is 7.53. The molecule has 1 N–H and O–H groups in total. The second-order valence-corrected chi connectivity index (χ2v) is 5.86. The van der Waals surface area contributed by atoms with E-state index in [4.69, 9.17) is 16.3 Å². The molecule has 5 nitrogen and oxygen atoms in total. The highest BCUT2D eigenvalue weighted by Gasteiger charge is 2.12. The molecule has 0 fully saturated rings. The van der Waals surface area contributed by atoms with E-state index in [1.165, 1.54) is 23.0 Å². The number of hydrogen-bond donors (Lipinski definition) is 1. The minimum atomic E-state index is -0.813. The summed E-state index contributed by atoms with van der Waals surface area (Å²) in [5, 5.41) is 7.34. The SMILES string of the molecule is Cc1c(Cl)cccc1NC(=O)c1ccn(COc2ccc(F)cc2F)n1. The highest BCUT2D eigenvalue weighted by molar-refractivity contribution is 6.31. The second-order valence-electron chi connectivity index (χ2n) is 5.46. The van der Waals surface area contributed by atoms with Gasteiger partial charge in [0, 0.05) is 23.0 Å². The largest absolute Gasteiger partial charge is 0.468 e. The van der Waals surface area contributed by atoms with E-state index in [2.05, 4.69) is 10.4 Å². The molecule has 0 aliphatic rings. The van der Waals surface area contributed by atoms with Gasteiger partial charge in [0.15, 0.2) is 24.0 Å². The highest BCUT2D eigenvalue weighted by Crippen LogP contribution is 2.23. The first-order valence-corrected chi connectivity index (χ1v) is 7.99. The molecule has 26 heavy (non-hydrogen) atoms. The lowest BCUT2D eigenvalue weighted by Gasteiger charge is -2.08. The number of carbonyl (C=O) groups is 1. The lowest BCUT2D eigenvalue weighted by molar-refractivity contribution is 0.102. The van der Waals surface area contributed by atoms with Crippen LogP contribution in [0.3, 0.4) is 0 Å². The number of hydrogen-bond acceptors (Lipinski definition) is 3. The Morgan fingerprint density at radius 2 is 2.08 bits per heavy atom. The molecule has 0 aliphatic heterocycles. The van der Waals surface area contributed by atoms with Crippen molar-refractivity contribution in [3.63, 3.8) is 0 Å². The fraction of sp³-hybridized carbons (Fsp3) is 0.111. The normalized spacial score (nSPS) is 10.6. The predicted octanol–water partition coefficient (Wildman–Crippen LogP) is 4.41. The van der Waals surface area contributed by atoms with Crippen molar-refractivity contribution < 1.29 is 18.3 Å². The van der Waals surface area contributed by atoms with Gasteiger partial charge in [-0.2, -0.15) is 5.10 Å². The molecule has 1 amide bonds. The standard InChI is InChI=1S/C18H14ClF2N3O2/c1-11-13(19)3-2-4-15(11)22-18(25)16-7-8-24(23-16)10-26-17-6-5-12(20)9-14(17)21/h2-9H,10H2,1H3,(H,22,25). The maximum absolute atomic E-state index is 13.5. The first-order chi connectivity index (χ1) is 12.4. The molecule has 3 rings (SSSR count). The molecule has 0 saturated carbocycles. The third-order valence-corrected chi connectivity index (χ3v) is 4.04. The van der Waals surface area contributed by atoms with Gasteiger partial charge in [0.05, 0.1) is 0 Å². The Bertz CT molecular complexity index is 959. The molecule has 3 aromatic rings. The van der Waals surface area contributed by atoms with Crippen molar-refractivity contribution in [3.8, 4) is 5.75 Å². The Hall–Kier alpha value is -2.93. The van der Waals surface area contributed by atoms with Crippen LogP contribution < -0.4 is 10.1 Å². The zero-order chi connectivity index (χ0) is 18.7. The van der Waals surface area contributed by atoms with E-state index in [-0.39, 0.29) is 18.2 Å². The molecular formula is C18H14ClF2N3O2.